The van der Waals surface area contributed by atoms with E-state index in [0.717, 1.165) is 10.4 Å². The highest BCUT2D eigenvalue weighted by molar-refractivity contribution is 7.14. The molecule has 2 amide bonds. The normalized spacial score (nSPS) is 9.60. The summed E-state index contributed by atoms with van der Waals surface area (Å²) < 4.78 is 0. The van der Waals surface area contributed by atoms with E-state index >= 15 is 0 Å². The molecule has 3 N–H and O–H groups in total. The van der Waals surface area contributed by atoms with Crippen LogP contribution in [0.2, 0.25) is 0 Å². The van der Waals surface area contributed by atoms with Crippen LogP contribution in [0, 0.1) is 18.8 Å². The average molecular weight is 293 g/mol. The van der Waals surface area contributed by atoms with Crippen molar-refractivity contribution in [3.8, 4) is 11.8 Å². The van der Waals surface area contributed by atoms with E-state index in [4.69, 9.17) is 5.73 Å². The van der Waals surface area contributed by atoms with Crippen molar-refractivity contribution in [2.24, 2.45) is 5.73 Å². The third kappa shape index (κ3) is 4.37. The van der Waals surface area contributed by atoms with Gasteiger partial charge in [0.15, 0.2) is 0 Å². The first-order valence-corrected chi connectivity index (χ1v) is 7.06. The van der Waals surface area contributed by atoms with Crippen LogP contribution in [-0.4, -0.2) is 43.9 Å². The van der Waals surface area contributed by atoms with Crippen LogP contribution in [0.4, 0.5) is 0 Å². The van der Waals surface area contributed by atoms with Crippen LogP contribution in [0.3, 0.4) is 0 Å². The van der Waals surface area contributed by atoms with Gasteiger partial charge < -0.3 is 16.0 Å². The van der Waals surface area contributed by atoms with Crippen LogP contribution in [0.15, 0.2) is 6.07 Å². The van der Waals surface area contributed by atoms with E-state index in [1.807, 2.05) is 13.0 Å². The molecule has 0 aromatic carbocycles. The van der Waals surface area contributed by atoms with Crippen LogP contribution < -0.4 is 11.1 Å². The van der Waals surface area contributed by atoms with Crippen molar-refractivity contribution in [1.82, 2.24) is 10.2 Å². The Morgan fingerprint density at radius 3 is 2.80 bits per heavy atom. The van der Waals surface area contributed by atoms with E-state index in [2.05, 4.69) is 17.2 Å². The number of hydrogen-bond acceptors (Lipinski definition) is 4. The maximum atomic E-state index is 12.2. The number of thiophene rings is 1. The van der Waals surface area contributed by atoms with E-state index in [0.29, 0.717) is 24.4 Å². The number of carbonyl (C=O) groups excluding carboxylic acids is 2. The monoisotopic (exact) mass is 293 g/mol. The molecule has 1 aromatic rings. The minimum atomic E-state index is -0.0946. The van der Waals surface area contributed by atoms with E-state index < -0.39 is 0 Å². The van der Waals surface area contributed by atoms with Crippen LogP contribution >= 0.6 is 11.3 Å². The molecule has 0 unspecified atom stereocenters. The first-order valence-electron chi connectivity index (χ1n) is 6.25. The molecule has 0 aliphatic rings. The van der Waals surface area contributed by atoms with Crippen LogP contribution in [0.1, 0.15) is 26.5 Å². The minimum Gasteiger partial charge on any atom is -0.359 e. The van der Waals surface area contributed by atoms with Gasteiger partial charge in [0.1, 0.15) is 0 Å². The van der Waals surface area contributed by atoms with Gasteiger partial charge in [-0.05, 0) is 18.6 Å². The van der Waals surface area contributed by atoms with E-state index in [1.54, 1.807) is 19.0 Å². The van der Waals surface area contributed by atoms with Gasteiger partial charge >= 0.3 is 0 Å². The van der Waals surface area contributed by atoms with Gasteiger partial charge in [0.25, 0.3) is 5.91 Å². The zero-order valence-electron chi connectivity index (χ0n) is 11.9. The van der Waals surface area contributed by atoms with Crippen LogP contribution in [-0.2, 0) is 4.79 Å². The molecule has 108 valence electrons. The Bertz CT molecular complexity index is 555. The SMILES string of the molecule is CNC(=O)CCN(C)C(=O)c1cc(C)c(C#CCN)s1. The third-order valence-electron chi connectivity index (χ3n) is 2.73. The van der Waals surface area contributed by atoms with Gasteiger partial charge in [-0.25, -0.2) is 0 Å². The lowest BCUT2D eigenvalue weighted by Gasteiger charge is -2.15. The summed E-state index contributed by atoms with van der Waals surface area (Å²) >= 11 is 1.35. The van der Waals surface area contributed by atoms with Crippen molar-refractivity contribution in [1.29, 1.82) is 0 Å². The Balaban J connectivity index is 2.74. The highest BCUT2D eigenvalue weighted by Crippen LogP contribution is 2.22. The Labute approximate surface area is 123 Å². The minimum absolute atomic E-state index is 0.0819. The molecule has 0 fully saturated rings. The van der Waals surface area contributed by atoms with Crippen molar-refractivity contribution in [2.75, 3.05) is 27.2 Å². The molecule has 6 heteroatoms. The van der Waals surface area contributed by atoms with E-state index in [-0.39, 0.29) is 11.8 Å². The van der Waals surface area contributed by atoms with Gasteiger partial charge in [-0.3, -0.25) is 9.59 Å². The Kier molecular flexibility index (Phi) is 6.22. The number of nitrogens with one attached hydrogen (secondary N) is 1. The molecule has 1 rings (SSSR count). The lowest BCUT2D eigenvalue weighted by Crippen LogP contribution is -2.30. The van der Waals surface area contributed by atoms with Gasteiger partial charge in [0.2, 0.25) is 5.91 Å². The number of hydrogen-bond donors (Lipinski definition) is 2. The first kappa shape index (κ1) is 16.2. The second-order valence-electron chi connectivity index (χ2n) is 4.28. The fourth-order valence-corrected chi connectivity index (χ4v) is 2.57. The first-order chi connectivity index (χ1) is 9.49. The molecule has 20 heavy (non-hydrogen) atoms. The summed E-state index contributed by atoms with van der Waals surface area (Å²) in [4.78, 5) is 26.4. The lowest BCUT2D eigenvalue weighted by atomic mass is 10.2. The largest absolute Gasteiger partial charge is 0.359 e. The number of amides is 2. The molecule has 0 bridgehead atoms. The molecular formula is C14H19N3O2S. The van der Waals surface area contributed by atoms with Gasteiger partial charge in [0.05, 0.1) is 16.3 Å². The molecule has 1 heterocycles. The molecular weight excluding hydrogens is 274 g/mol. The van der Waals surface area contributed by atoms with Crippen LogP contribution in [0.5, 0.6) is 0 Å². The van der Waals surface area contributed by atoms with Crippen molar-refractivity contribution >= 4 is 23.2 Å². The quantitative estimate of drug-likeness (QED) is 0.797. The molecule has 1 aromatic heterocycles. The summed E-state index contributed by atoms with van der Waals surface area (Å²) in [5.41, 5.74) is 6.31. The zero-order chi connectivity index (χ0) is 15.1. The Morgan fingerprint density at radius 1 is 1.50 bits per heavy atom. The molecule has 0 radical (unpaired) electrons. The number of carbonyl (C=O) groups is 2. The third-order valence-corrected chi connectivity index (χ3v) is 3.87. The Morgan fingerprint density at radius 2 is 2.20 bits per heavy atom. The summed E-state index contributed by atoms with van der Waals surface area (Å²) in [6.45, 7) is 2.60. The van der Waals surface area contributed by atoms with Crippen molar-refractivity contribution < 1.29 is 9.59 Å². The van der Waals surface area contributed by atoms with Crippen molar-refractivity contribution in [2.45, 2.75) is 13.3 Å². The molecule has 0 saturated carbocycles. The van der Waals surface area contributed by atoms with Crippen molar-refractivity contribution in [3.05, 3.63) is 21.4 Å². The molecule has 0 aliphatic carbocycles. The topological polar surface area (TPSA) is 75.4 Å². The number of nitrogens with two attached hydrogens (primary N) is 1. The highest BCUT2D eigenvalue weighted by atomic mass is 32.1. The number of aryl methyl sites for hydroxylation is 1. The maximum Gasteiger partial charge on any atom is 0.263 e. The van der Waals surface area contributed by atoms with Gasteiger partial charge in [0, 0.05) is 27.1 Å². The standard InChI is InChI=1S/C14H19N3O2S/c1-10-9-12(20-11(10)5-4-7-15)14(19)17(3)8-6-13(18)16-2/h9H,6-8,15H2,1-3H3,(H,16,18). The summed E-state index contributed by atoms with van der Waals surface area (Å²) in [6, 6.07) is 1.82. The van der Waals surface area contributed by atoms with Gasteiger partial charge in [-0.1, -0.05) is 11.8 Å². The van der Waals surface area contributed by atoms with Gasteiger partial charge in [-0.2, -0.15) is 0 Å². The van der Waals surface area contributed by atoms with Crippen LogP contribution in [0.25, 0.3) is 0 Å². The Hall–Kier alpha value is -1.84. The predicted octanol–water partition coefficient (Wildman–Crippen LogP) is 0.575. The predicted molar refractivity (Wildman–Crippen MR) is 80.6 cm³/mol. The fraction of sp³-hybridized carbons (Fsp3) is 0.429. The smallest absolute Gasteiger partial charge is 0.263 e. The maximum absolute atomic E-state index is 12.2. The summed E-state index contributed by atoms with van der Waals surface area (Å²) in [7, 11) is 3.26. The number of nitrogens with zero attached hydrogens (tertiary/aromatic N) is 1. The summed E-state index contributed by atoms with van der Waals surface area (Å²) in [5.74, 6) is 5.56. The van der Waals surface area contributed by atoms with Crippen molar-refractivity contribution in [3.63, 3.8) is 0 Å². The molecule has 0 atom stereocenters. The molecule has 0 spiro atoms. The fourth-order valence-electron chi connectivity index (χ4n) is 1.53. The highest BCUT2D eigenvalue weighted by Gasteiger charge is 2.16. The average Bonchev–Trinajstić information content (AvgIpc) is 2.82. The van der Waals surface area contributed by atoms with E-state index in [1.165, 1.54) is 11.3 Å². The van der Waals surface area contributed by atoms with Gasteiger partial charge in [-0.15, -0.1) is 11.3 Å². The second-order valence-corrected chi connectivity index (χ2v) is 5.33. The summed E-state index contributed by atoms with van der Waals surface area (Å²) in [6.07, 6.45) is 0.295. The molecule has 0 saturated heterocycles. The second kappa shape index (κ2) is 7.68. The summed E-state index contributed by atoms with van der Waals surface area (Å²) in [5, 5.41) is 2.53. The number of rotatable bonds is 4. The lowest BCUT2D eigenvalue weighted by molar-refractivity contribution is -0.120. The molecule has 5 nitrogen and oxygen atoms in total. The zero-order valence-corrected chi connectivity index (χ0v) is 12.8. The van der Waals surface area contributed by atoms with E-state index in [9.17, 15) is 9.59 Å². The molecule has 0 aliphatic heterocycles.